The molecule has 1 rings (SSSR count). The summed E-state index contributed by atoms with van der Waals surface area (Å²) in [6, 6.07) is 4.88. The van der Waals surface area contributed by atoms with Crippen molar-refractivity contribution in [2.24, 2.45) is 0 Å². The lowest BCUT2D eigenvalue weighted by atomic mass is 10.2. The summed E-state index contributed by atoms with van der Waals surface area (Å²) in [5.41, 5.74) is -0.354. The van der Waals surface area contributed by atoms with Gasteiger partial charge in [0.1, 0.15) is 24.9 Å². The molecule has 0 saturated heterocycles. The number of methoxy groups -OCH3 is 2. The molecule has 0 aliphatic rings. The Hall–Kier alpha value is -1.32. The van der Waals surface area contributed by atoms with Gasteiger partial charge >= 0.3 is 0 Å². The van der Waals surface area contributed by atoms with E-state index in [2.05, 4.69) is 0 Å². The lowest BCUT2D eigenvalue weighted by Gasteiger charge is -2.11. The van der Waals surface area contributed by atoms with Gasteiger partial charge in [-0.25, -0.2) is 0 Å². The van der Waals surface area contributed by atoms with E-state index in [1.165, 1.54) is 14.2 Å². The van der Waals surface area contributed by atoms with Crippen LogP contribution in [-0.4, -0.2) is 37.6 Å². The Morgan fingerprint density at radius 2 is 1.82 bits per heavy atom. The molecule has 1 aromatic rings. The van der Waals surface area contributed by atoms with Crippen molar-refractivity contribution < 1.29 is 23.9 Å². The highest BCUT2D eigenvalue weighted by atomic mass is 31.1. The van der Waals surface area contributed by atoms with Gasteiger partial charge in [0, 0.05) is 6.16 Å². The van der Waals surface area contributed by atoms with E-state index in [1.54, 1.807) is 18.2 Å². The summed E-state index contributed by atoms with van der Waals surface area (Å²) in [6.45, 7) is -0.277. The molecule has 0 saturated carbocycles. The lowest BCUT2D eigenvalue weighted by molar-refractivity contribution is 0.107. The number of aliphatic hydroxyl groups excluding tert-OH is 1. The molecule has 17 heavy (non-hydrogen) atoms. The Morgan fingerprint density at radius 1 is 1.29 bits per heavy atom. The number of ether oxygens (including phenoxy) is 2. The smallest absolute Gasteiger partial charge is 0.226 e. The first-order valence-corrected chi connectivity index (χ1v) is 6.66. The third kappa shape index (κ3) is 3.08. The Balaban J connectivity index is 3.18. The Labute approximate surface area is 100 Å². The molecule has 0 fully saturated rings. The van der Waals surface area contributed by atoms with Crippen LogP contribution in [0.25, 0.3) is 0 Å². The fraction of sp³-hybridized carbons (Fsp3) is 0.364. The zero-order valence-electron chi connectivity index (χ0n) is 9.73. The molecule has 0 aromatic heterocycles. The molecular formula is C11H15O5P. The first kappa shape index (κ1) is 13.7. The number of rotatable bonds is 6. The van der Waals surface area contributed by atoms with Crippen molar-refractivity contribution in [2.75, 3.05) is 27.0 Å². The minimum absolute atomic E-state index is 0.0231. The van der Waals surface area contributed by atoms with Gasteiger partial charge in [-0.15, -0.1) is 0 Å². The standard InChI is InChI=1S/C11H15O5P/c1-15-8-4-3-5-9(16-2)10(8)11(13)17(14)7-6-12/h3-5,12,17H,6-7H2,1-2H3. The van der Waals surface area contributed by atoms with Gasteiger partial charge in [0.2, 0.25) is 5.52 Å². The summed E-state index contributed by atoms with van der Waals surface area (Å²) in [7, 11) is 0.317. The second-order valence-corrected chi connectivity index (χ2v) is 5.06. The highest BCUT2D eigenvalue weighted by molar-refractivity contribution is 7.64. The van der Waals surface area contributed by atoms with Gasteiger partial charge in [-0.1, -0.05) is 6.07 Å². The van der Waals surface area contributed by atoms with Crippen molar-refractivity contribution in [1.82, 2.24) is 0 Å². The fourth-order valence-corrected chi connectivity index (χ4v) is 2.38. The van der Waals surface area contributed by atoms with Gasteiger partial charge in [0.05, 0.1) is 20.8 Å². The van der Waals surface area contributed by atoms with Crippen LogP contribution in [0, 0.1) is 0 Å². The maximum Gasteiger partial charge on any atom is 0.226 e. The number of carbonyl (C=O) groups excluding carboxylic acids is 1. The predicted octanol–water partition coefficient (Wildman–Crippen LogP) is 1.40. The van der Waals surface area contributed by atoms with E-state index < -0.39 is 13.3 Å². The Bertz CT molecular complexity index is 408. The summed E-state index contributed by atoms with van der Waals surface area (Å²) >= 11 is 0. The minimum Gasteiger partial charge on any atom is -0.496 e. The van der Waals surface area contributed by atoms with Crippen LogP contribution in [0.15, 0.2) is 18.2 Å². The molecule has 1 N–H and O–H groups in total. The average molecular weight is 258 g/mol. The maximum atomic E-state index is 12.0. The molecule has 5 nitrogen and oxygen atoms in total. The lowest BCUT2D eigenvalue weighted by Crippen LogP contribution is -2.03. The van der Waals surface area contributed by atoms with Gasteiger partial charge in [-0.05, 0) is 12.1 Å². The number of benzene rings is 1. The van der Waals surface area contributed by atoms with Crippen molar-refractivity contribution in [1.29, 1.82) is 0 Å². The summed E-state index contributed by atoms with van der Waals surface area (Å²) in [5, 5.41) is 8.70. The van der Waals surface area contributed by atoms with Crippen molar-refractivity contribution in [3.8, 4) is 11.5 Å². The zero-order valence-corrected chi connectivity index (χ0v) is 10.7. The van der Waals surface area contributed by atoms with Crippen molar-refractivity contribution in [3.63, 3.8) is 0 Å². The van der Waals surface area contributed by atoms with Gasteiger partial charge in [0.25, 0.3) is 0 Å². The SMILES string of the molecule is COc1cccc(OC)c1C(=O)[PH](=O)CCO. The molecule has 1 unspecified atom stereocenters. The monoisotopic (exact) mass is 258 g/mol. The first-order valence-electron chi connectivity index (χ1n) is 5.05. The van der Waals surface area contributed by atoms with E-state index in [9.17, 15) is 9.36 Å². The molecule has 1 aromatic carbocycles. The highest BCUT2D eigenvalue weighted by Crippen LogP contribution is 2.36. The van der Waals surface area contributed by atoms with Crippen LogP contribution in [0.5, 0.6) is 11.5 Å². The van der Waals surface area contributed by atoms with E-state index in [4.69, 9.17) is 14.6 Å². The number of hydrogen-bond donors (Lipinski definition) is 1. The Morgan fingerprint density at radius 3 is 2.24 bits per heavy atom. The quantitative estimate of drug-likeness (QED) is 0.781. The summed E-state index contributed by atoms with van der Waals surface area (Å²) in [4.78, 5) is 12.0. The third-order valence-electron chi connectivity index (χ3n) is 2.25. The van der Waals surface area contributed by atoms with E-state index in [0.29, 0.717) is 11.5 Å². The van der Waals surface area contributed by atoms with Crippen LogP contribution in [-0.2, 0) is 4.57 Å². The largest absolute Gasteiger partial charge is 0.496 e. The second kappa shape index (κ2) is 6.42. The third-order valence-corrected chi connectivity index (χ3v) is 3.68. The number of hydrogen-bond acceptors (Lipinski definition) is 5. The maximum absolute atomic E-state index is 12.0. The van der Waals surface area contributed by atoms with Gasteiger partial charge in [0.15, 0.2) is 0 Å². The van der Waals surface area contributed by atoms with E-state index in [1.807, 2.05) is 0 Å². The number of aliphatic hydroxyl groups is 1. The predicted molar refractivity (Wildman–Crippen MR) is 64.8 cm³/mol. The molecule has 0 aliphatic carbocycles. The topological polar surface area (TPSA) is 72.8 Å². The van der Waals surface area contributed by atoms with E-state index in [-0.39, 0.29) is 18.3 Å². The minimum atomic E-state index is -2.53. The molecule has 0 radical (unpaired) electrons. The fourth-order valence-electron chi connectivity index (χ4n) is 1.43. The molecule has 0 heterocycles. The van der Waals surface area contributed by atoms with Crippen molar-refractivity contribution in [3.05, 3.63) is 23.8 Å². The molecule has 0 aliphatic heterocycles. The number of carbonyl (C=O) groups is 1. The Kier molecular flexibility index (Phi) is 5.19. The zero-order chi connectivity index (χ0) is 12.8. The summed E-state index contributed by atoms with van der Waals surface area (Å²) in [6.07, 6.45) is -0.0231. The van der Waals surface area contributed by atoms with E-state index >= 15 is 0 Å². The van der Waals surface area contributed by atoms with Crippen LogP contribution in [0.3, 0.4) is 0 Å². The van der Waals surface area contributed by atoms with Gasteiger partial charge in [-0.2, -0.15) is 0 Å². The molecule has 0 amide bonds. The van der Waals surface area contributed by atoms with Crippen LogP contribution < -0.4 is 9.47 Å². The van der Waals surface area contributed by atoms with Gasteiger partial charge in [-0.3, -0.25) is 4.79 Å². The highest BCUT2D eigenvalue weighted by Gasteiger charge is 2.22. The van der Waals surface area contributed by atoms with Crippen LogP contribution >= 0.6 is 7.80 Å². The normalized spacial score (nSPS) is 11.9. The van der Waals surface area contributed by atoms with Crippen LogP contribution in [0.4, 0.5) is 0 Å². The summed E-state index contributed by atoms with van der Waals surface area (Å²) < 4.78 is 21.7. The average Bonchev–Trinajstić information content (AvgIpc) is 2.37. The molecule has 94 valence electrons. The van der Waals surface area contributed by atoms with Crippen LogP contribution in [0.2, 0.25) is 0 Å². The molecule has 0 spiro atoms. The molecular weight excluding hydrogens is 243 g/mol. The van der Waals surface area contributed by atoms with Crippen molar-refractivity contribution in [2.45, 2.75) is 0 Å². The second-order valence-electron chi connectivity index (χ2n) is 3.26. The van der Waals surface area contributed by atoms with Crippen molar-refractivity contribution >= 4 is 13.3 Å². The summed E-state index contributed by atoms with van der Waals surface area (Å²) in [5.74, 6) is 0.649. The van der Waals surface area contributed by atoms with Crippen LogP contribution in [0.1, 0.15) is 10.4 Å². The van der Waals surface area contributed by atoms with Gasteiger partial charge < -0.3 is 19.1 Å². The molecule has 0 bridgehead atoms. The first-order chi connectivity index (χ1) is 8.15. The van der Waals surface area contributed by atoms with E-state index in [0.717, 1.165) is 0 Å². The molecule has 1 atom stereocenters. The molecule has 6 heteroatoms.